The van der Waals surface area contributed by atoms with Crippen LogP contribution >= 0.6 is 0 Å². The average molecular weight is 339 g/mol. The fourth-order valence-corrected chi connectivity index (χ4v) is 4.42. The van der Waals surface area contributed by atoms with E-state index in [1.54, 1.807) is 6.92 Å². The monoisotopic (exact) mass is 339 g/mol. The summed E-state index contributed by atoms with van der Waals surface area (Å²) < 4.78 is 5.13. The van der Waals surface area contributed by atoms with E-state index in [4.69, 9.17) is 4.52 Å². The second-order valence-electron chi connectivity index (χ2n) is 7.92. The molecule has 0 saturated carbocycles. The van der Waals surface area contributed by atoms with Gasteiger partial charge in [-0.3, -0.25) is 4.79 Å². The van der Waals surface area contributed by atoms with Crippen molar-refractivity contribution < 1.29 is 9.32 Å². The molecule has 1 aromatic carbocycles. The largest absolute Gasteiger partial charge is 0.340 e. The maximum atomic E-state index is 13.4. The van der Waals surface area contributed by atoms with Gasteiger partial charge in [0.2, 0.25) is 11.8 Å². The predicted octanol–water partition coefficient (Wildman–Crippen LogP) is 3.90. The molecule has 5 heteroatoms. The van der Waals surface area contributed by atoms with E-state index in [0.29, 0.717) is 11.7 Å². The third-order valence-corrected chi connectivity index (χ3v) is 5.80. The molecule has 2 aliphatic rings. The van der Waals surface area contributed by atoms with Crippen molar-refractivity contribution in [2.75, 3.05) is 6.54 Å². The summed E-state index contributed by atoms with van der Waals surface area (Å²) in [6.07, 6.45) is 3.83. The highest BCUT2D eigenvalue weighted by Gasteiger charge is 2.41. The zero-order chi connectivity index (χ0) is 17.6. The Morgan fingerprint density at radius 1 is 1.28 bits per heavy atom. The van der Waals surface area contributed by atoms with E-state index in [1.807, 2.05) is 11.0 Å². The van der Waals surface area contributed by atoms with Crippen LogP contribution in [-0.4, -0.2) is 27.5 Å². The van der Waals surface area contributed by atoms with E-state index in [-0.39, 0.29) is 23.3 Å². The van der Waals surface area contributed by atoms with Crippen molar-refractivity contribution in [1.29, 1.82) is 0 Å². The topological polar surface area (TPSA) is 59.2 Å². The molecule has 2 atom stereocenters. The Balaban J connectivity index is 1.65. The van der Waals surface area contributed by atoms with E-state index in [1.165, 1.54) is 11.1 Å². The first-order valence-corrected chi connectivity index (χ1v) is 9.17. The molecule has 1 aromatic heterocycles. The first-order valence-electron chi connectivity index (χ1n) is 9.17. The summed E-state index contributed by atoms with van der Waals surface area (Å²) >= 11 is 0. The first kappa shape index (κ1) is 16.3. The van der Waals surface area contributed by atoms with Crippen LogP contribution in [0.15, 0.2) is 28.8 Å². The Kier molecular flexibility index (Phi) is 3.89. The van der Waals surface area contributed by atoms with Gasteiger partial charge in [0.1, 0.15) is 0 Å². The quantitative estimate of drug-likeness (QED) is 0.833. The normalized spacial score (nSPS) is 25.0. The summed E-state index contributed by atoms with van der Waals surface area (Å²) in [7, 11) is 0. The van der Waals surface area contributed by atoms with Gasteiger partial charge >= 0.3 is 0 Å². The molecule has 0 N–H and O–H groups in total. The molecular formula is C20H25N3O2. The minimum absolute atomic E-state index is 0.0490. The Labute approximate surface area is 148 Å². The zero-order valence-electron chi connectivity index (χ0n) is 15.2. The molecule has 2 heterocycles. The standard InChI is InChI=1S/C20H25N3O2/c1-13-21-18(22-25-13)17-9-6-12-23(17)19(24)15-10-11-20(2,3)16-8-5-4-7-14(15)16/h4-5,7-8,15,17H,6,9-12H2,1-3H3/t15-,17-/m1/s1. The maximum Gasteiger partial charge on any atom is 0.230 e. The second kappa shape index (κ2) is 5.97. The van der Waals surface area contributed by atoms with Gasteiger partial charge in [-0.05, 0) is 42.2 Å². The molecule has 0 bridgehead atoms. The van der Waals surface area contributed by atoms with Gasteiger partial charge < -0.3 is 9.42 Å². The molecule has 1 fully saturated rings. The lowest BCUT2D eigenvalue weighted by molar-refractivity contribution is -0.134. The molecule has 0 unspecified atom stereocenters. The molecule has 5 nitrogen and oxygen atoms in total. The number of hydrogen-bond acceptors (Lipinski definition) is 4. The third-order valence-electron chi connectivity index (χ3n) is 5.80. The lowest BCUT2D eigenvalue weighted by Gasteiger charge is -2.38. The van der Waals surface area contributed by atoms with E-state index < -0.39 is 0 Å². The molecule has 25 heavy (non-hydrogen) atoms. The smallest absolute Gasteiger partial charge is 0.230 e. The number of aryl methyl sites for hydroxylation is 1. The van der Waals surface area contributed by atoms with Crippen molar-refractivity contribution in [3.63, 3.8) is 0 Å². The van der Waals surface area contributed by atoms with Gasteiger partial charge in [0.05, 0.1) is 12.0 Å². The molecule has 4 rings (SSSR count). The van der Waals surface area contributed by atoms with Gasteiger partial charge in [-0.1, -0.05) is 43.3 Å². The fraction of sp³-hybridized carbons (Fsp3) is 0.550. The minimum Gasteiger partial charge on any atom is -0.340 e. The lowest BCUT2D eigenvalue weighted by atomic mass is 9.68. The van der Waals surface area contributed by atoms with Crippen molar-refractivity contribution in [2.24, 2.45) is 0 Å². The summed E-state index contributed by atoms with van der Waals surface area (Å²) in [4.78, 5) is 19.7. The molecule has 1 saturated heterocycles. The Bertz CT molecular complexity index is 796. The van der Waals surface area contributed by atoms with Crippen molar-refractivity contribution in [1.82, 2.24) is 15.0 Å². The number of amides is 1. The number of likely N-dealkylation sites (tertiary alicyclic amines) is 1. The van der Waals surface area contributed by atoms with Gasteiger partial charge in [-0.25, -0.2) is 0 Å². The highest BCUT2D eigenvalue weighted by atomic mass is 16.5. The number of fused-ring (bicyclic) bond motifs is 1. The molecule has 1 aliphatic carbocycles. The van der Waals surface area contributed by atoms with Crippen molar-refractivity contribution >= 4 is 5.91 Å². The number of aromatic nitrogens is 2. The van der Waals surface area contributed by atoms with Crippen LogP contribution < -0.4 is 0 Å². The van der Waals surface area contributed by atoms with Crippen molar-refractivity contribution in [2.45, 2.75) is 63.8 Å². The van der Waals surface area contributed by atoms with Crippen molar-refractivity contribution in [3.05, 3.63) is 47.1 Å². The summed E-state index contributed by atoms with van der Waals surface area (Å²) in [6, 6.07) is 8.38. The van der Waals surface area contributed by atoms with Gasteiger partial charge in [-0.2, -0.15) is 4.98 Å². The van der Waals surface area contributed by atoms with Gasteiger partial charge in [0.25, 0.3) is 0 Å². The Morgan fingerprint density at radius 3 is 2.84 bits per heavy atom. The van der Waals surface area contributed by atoms with Crippen LogP contribution in [0.1, 0.15) is 74.3 Å². The predicted molar refractivity (Wildman–Crippen MR) is 94.2 cm³/mol. The van der Waals surface area contributed by atoms with Crippen LogP contribution in [0.3, 0.4) is 0 Å². The summed E-state index contributed by atoms with van der Waals surface area (Å²) in [6.45, 7) is 7.11. The number of hydrogen-bond donors (Lipinski definition) is 0. The molecule has 132 valence electrons. The molecule has 0 spiro atoms. The average Bonchev–Trinajstić information content (AvgIpc) is 3.23. The maximum absolute atomic E-state index is 13.4. The molecule has 1 aliphatic heterocycles. The third kappa shape index (κ3) is 2.75. The molecule has 1 amide bonds. The number of carbonyl (C=O) groups is 1. The van der Waals surface area contributed by atoms with Crippen LogP contribution in [0.25, 0.3) is 0 Å². The number of nitrogens with zero attached hydrogens (tertiary/aromatic N) is 3. The van der Waals surface area contributed by atoms with E-state index in [0.717, 1.165) is 32.2 Å². The SMILES string of the molecule is Cc1nc([C@H]2CCCN2C(=O)[C@@H]2CCC(C)(C)c3ccccc32)no1. The van der Waals surface area contributed by atoms with E-state index >= 15 is 0 Å². The van der Waals surface area contributed by atoms with E-state index in [2.05, 4.69) is 42.2 Å². The summed E-state index contributed by atoms with van der Waals surface area (Å²) in [5.41, 5.74) is 2.63. The highest BCUT2D eigenvalue weighted by Crippen LogP contribution is 2.44. The Hall–Kier alpha value is -2.17. The minimum atomic E-state index is -0.0576. The zero-order valence-corrected chi connectivity index (χ0v) is 15.2. The van der Waals surface area contributed by atoms with Gasteiger partial charge in [0.15, 0.2) is 5.82 Å². The Morgan fingerprint density at radius 2 is 2.08 bits per heavy atom. The van der Waals surface area contributed by atoms with Crippen LogP contribution in [-0.2, 0) is 10.2 Å². The molecule has 0 radical (unpaired) electrons. The van der Waals surface area contributed by atoms with Crippen molar-refractivity contribution in [3.8, 4) is 0 Å². The molecular weight excluding hydrogens is 314 g/mol. The number of carbonyl (C=O) groups excluding carboxylic acids is 1. The first-order chi connectivity index (χ1) is 12.0. The van der Waals surface area contributed by atoms with Crippen LogP contribution in [0.4, 0.5) is 0 Å². The summed E-state index contributed by atoms with van der Waals surface area (Å²) in [5.74, 6) is 1.36. The van der Waals surface area contributed by atoms with Crippen LogP contribution in [0, 0.1) is 6.92 Å². The van der Waals surface area contributed by atoms with Gasteiger partial charge in [0, 0.05) is 13.5 Å². The van der Waals surface area contributed by atoms with E-state index in [9.17, 15) is 4.79 Å². The fourth-order valence-electron chi connectivity index (χ4n) is 4.42. The number of benzene rings is 1. The second-order valence-corrected chi connectivity index (χ2v) is 7.92. The summed E-state index contributed by atoms with van der Waals surface area (Å²) in [5, 5.41) is 4.06. The number of rotatable bonds is 2. The lowest BCUT2D eigenvalue weighted by Crippen LogP contribution is -2.38. The van der Waals surface area contributed by atoms with Crippen LogP contribution in [0.2, 0.25) is 0 Å². The highest BCUT2D eigenvalue weighted by molar-refractivity contribution is 5.85. The molecule has 2 aromatic rings. The van der Waals surface area contributed by atoms with Gasteiger partial charge in [-0.15, -0.1) is 0 Å². The van der Waals surface area contributed by atoms with Crippen LogP contribution in [0.5, 0.6) is 0 Å².